The van der Waals surface area contributed by atoms with Crippen molar-refractivity contribution in [1.29, 1.82) is 0 Å². The first-order valence-electron chi connectivity index (χ1n) is 12.4. The molecule has 0 aromatic heterocycles. The topological polar surface area (TPSA) is 86.7 Å². The van der Waals surface area contributed by atoms with E-state index in [-0.39, 0.29) is 5.78 Å². The van der Waals surface area contributed by atoms with Crippen LogP contribution in [0, 0.1) is 12.8 Å². The van der Waals surface area contributed by atoms with Crippen molar-refractivity contribution >= 4 is 29.4 Å². The molecule has 1 heterocycles. The zero-order valence-electron chi connectivity index (χ0n) is 21.1. The van der Waals surface area contributed by atoms with Crippen LogP contribution in [-0.2, 0) is 4.79 Å². The molecule has 0 aliphatic carbocycles. The van der Waals surface area contributed by atoms with Gasteiger partial charge in [0.2, 0.25) is 0 Å². The summed E-state index contributed by atoms with van der Waals surface area (Å²) in [6, 6.07) is 21.9. The number of carbonyl (C=O) groups is 3. The number of aryl methyl sites for hydroxylation is 1. The molecule has 1 aliphatic rings. The van der Waals surface area contributed by atoms with Gasteiger partial charge in [-0.15, -0.1) is 0 Å². The Morgan fingerprint density at radius 1 is 0.946 bits per heavy atom. The number of carbonyl (C=O) groups excluding carboxylic acids is 2. The molecule has 4 unspecified atom stereocenters. The molecule has 7 heteroatoms. The maximum atomic E-state index is 14.3. The van der Waals surface area contributed by atoms with E-state index in [1.807, 2.05) is 44.2 Å². The summed E-state index contributed by atoms with van der Waals surface area (Å²) in [6.07, 6.45) is 0.686. The van der Waals surface area contributed by atoms with E-state index in [0.29, 0.717) is 34.7 Å². The summed E-state index contributed by atoms with van der Waals surface area (Å²) >= 11 is 6.16. The Morgan fingerprint density at radius 3 is 2.11 bits per heavy atom. The van der Waals surface area contributed by atoms with E-state index < -0.39 is 35.4 Å². The molecule has 4 atom stereocenters. The van der Waals surface area contributed by atoms with Crippen molar-refractivity contribution in [1.82, 2.24) is 10.2 Å². The van der Waals surface area contributed by atoms with Crippen LogP contribution in [0.4, 0.5) is 4.79 Å². The molecular formula is C30H31ClN2O4. The van der Waals surface area contributed by atoms with Crippen LogP contribution < -0.4 is 5.32 Å². The van der Waals surface area contributed by atoms with Crippen LogP contribution in [0.25, 0.3) is 0 Å². The van der Waals surface area contributed by atoms with E-state index >= 15 is 0 Å². The molecule has 6 nitrogen and oxygen atoms in total. The summed E-state index contributed by atoms with van der Waals surface area (Å²) in [4.78, 5) is 42.5. The van der Waals surface area contributed by atoms with Crippen LogP contribution in [0.3, 0.4) is 0 Å². The van der Waals surface area contributed by atoms with Crippen LogP contribution in [0.5, 0.6) is 0 Å². The van der Waals surface area contributed by atoms with Gasteiger partial charge in [-0.1, -0.05) is 90.8 Å². The Labute approximate surface area is 222 Å². The number of nitrogens with zero attached hydrogens (tertiary/aromatic N) is 1. The Bertz CT molecular complexity index is 1280. The Morgan fingerprint density at radius 2 is 1.54 bits per heavy atom. The van der Waals surface area contributed by atoms with E-state index in [4.69, 9.17) is 11.6 Å². The predicted molar refractivity (Wildman–Crippen MR) is 144 cm³/mol. The highest BCUT2D eigenvalue weighted by atomic mass is 35.5. The molecule has 37 heavy (non-hydrogen) atoms. The number of urea groups is 1. The lowest BCUT2D eigenvalue weighted by atomic mass is 9.71. The van der Waals surface area contributed by atoms with E-state index in [9.17, 15) is 19.5 Å². The van der Waals surface area contributed by atoms with Gasteiger partial charge in [-0.05, 0) is 43.5 Å². The van der Waals surface area contributed by atoms with Gasteiger partial charge in [0.1, 0.15) is 5.54 Å². The van der Waals surface area contributed by atoms with Crippen LogP contribution >= 0.6 is 11.6 Å². The smallest absolute Gasteiger partial charge is 0.330 e. The van der Waals surface area contributed by atoms with Gasteiger partial charge in [0.15, 0.2) is 5.78 Å². The Hall–Kier alpha value is -3.64. The third-order valence-electron chi connectivity index (χ3n) is 7.27. The van der Waals surface area contributed by atoms with Crippen molar-refractivity contribution in [3.8, 4) is 0 Å². The molecule has 2 amide bonds. The zero-order chi connectivity index (χ0) is 26.7. The largest absolute Gasteiger partial charge is 0.479 e. The van der Waals surface area contributed by atoms with E-state index in [1.54, 1.807) is 55.5 Å². The molecule has 0 radical (unpaired) electrons. The SMILES string of the molecule is CCCNC(=O)N1C(c2ccc(C)cc2)C(C(=O)c2ccccc2)C(c2ccc(Cl)cc2)C1(C)C(=O)O. The lowest BCUT2D eigenvalue weighted by molar-refractivity contribution is -0.148. The number of amides is 2. The molecule has 1 fully saturated rings. The predicted octanol–water partition coefficient (Wildman–Crippen LogP) is 6.25. The molecule has 3 aromatic rings. The monoisotopic (exact) mass is 518 g/mol. The fourth-order valence-electron chi connectivity index (χ4n) is 5.43. The summed E-state index contributed by atoms with van der Waals surface area (Å²) in [7, 11) is 0. The lowest BCUT2D eigenvalue weighted by Gasteiger charge is -2.37. The molecule has 1 saturated heterocycles. The van der Waals surface area contributed by atoms with Crippen molar-refractivity contribution < 1.29 is 19.5 Å². The Kier molecular flexibility index (Phi) is 7.69. The van der Waals surface area contributed by atoms with E-state index in [0.717, 1.165) is 5.56 Å². The minimum atomic E-state index is -1.73. The molecule has 2 N–H and O–H groups in total. The second-order valence-electron chi connectivity index (χ2n) is 9.70. The second kappa shape index (κ2) is 10.8. The van der Waals surface area contributed by atoms with Gasteiger partial charge in [0.25, 0.3) is 0 Å². The van der Waals surface area contributed by atoms with Gasteiger partial charge in [0, 0.05) is 23.0 Å². The fourth-order valence-corrected chi connectivity index (χ4v) is 5.56. The van der Waals surface area contributed by atoms with Crippen molar-refractivity contribution in [3.05, 3.63) is 106 Å². The standard InChI is InChI=1S/C30H31ClN2O4/c1-4-18-32-29(37)33-26(21-12-10-19(2)11-13-21)24(27(34)22-8-6-5-7-9-22)25(30(33,3)28(35)36)20-14-16-23(31)17-15-20/h5-17,24-26H,4,18H2,1-3H3,(H,32,37)(H,35,36). The number of likely N-dealkylation sites (tertiary alicyclic amines) is 1. The van der Waals surface area contributed by atoms with Gasteiger partial charge in [-0.2, -0.15) is 0 Å². The van der Waals surface area contributed by atoms with Crippen molar-refractivity contribution in [3.63, 3.8) is 0 Å². The third-order valence-corrected chi connectivity index (χ3v) is 7.52. The minimum absolute atomic E-state index is 0.218. The van der Waals surface area contributed by atoms with Gasteiger partial charge in [-0.25, -0.2) is 9.59 Å². The number of hydrogen-bond donors (Lipinski definition) is 2. The van der Waals surface area contributed by atoms with Crippen LogP contribution in [-0.4, -0.2) is 39.9 Å². The lowest BCUT2D eigenvalue weighted by Crippen LogP contribution is -2.57. The van der Waals surface area contributed by atoms with Gasteiger partial charge in [-0.3, -0.25) is 4.79 Å². The number of carboxylic acids is 1. The molecular weight excluding hydrogens is 488 g/mol. The number of carboxylic acid groups (broad SMARTS) is 1. The van der Waals surface area contributed by atoms with Crippen molar-refractivity contribution in [2.45, 2.75) is 44.7 Å². The zero-order valence-corrected chi connectivity index (χ0v) is 21.9. The number of hydrogen-bond acceptors (Lipinski definition) is 3. The van der Waals surface area contributed by atoms with Gasteiger partial charge < -0.3 is 15.3 Å². The Balaban J connectivity index is 2.02. The highest BCUT2D eigenvalue weighted by Crippen LogP contribution is 2.56. The number of ketones is 1. The third kappa shape index (κ3) is 4.86. The molecule has 0 saturated carbocycles. The first-order chi connectivity index (χ1) is 17.7. The minimum Gasteiger partial charge on any atom is -0.479 e. The normalized spacial score (nSPS) is 23.0. The van der Waals surface area contributed by atoms with Crippen molar-refractivity contribution in [2.24, 2.45) is 5.92 Å². The number of nitrogens with one attached hydrogen (secondary N) is 1. The fraction of sp³-hybridized carbons (Fsp3) is 0.300. The highest BCUT2D eigenvalue weighted by Gasteiger charge is 2.64. The average molecular weight is 519 g/mol. The second-order valence-corrected chi connectivity index (χ2v) is 10.1. The molecule has 3 aromatic carbocycles. The van der Waals surface area contributed by atoms with E-state index in [2.05, 4.69) is 5.32 Å². The summed E-state index contributed by atoms with van der Waals surface area (Å²) in [5, 5.41) is 14.1. The van der Waals surface area contributed by atoms with E-state index in [1.165, 1.54) is 4.90 Å². The number of halogens is 1. The quantitative estimate of drug-likeness (QED) is 0.362. The molecule has 1 aliphatic heterocycles. The number of rotatable bonds is 7. The summed E-state index contributed by atoms with van der Waals surface area (Å²) in [5.74, 6) is -3.10. The van der Waals surface area contributed by atoms with Crippen LogP contribution in [0.2, 0.25) is 5.02 Å². The summed E-state index contributed by atoms with van der Waals surface area (Å²) in [5.41, 5.74) is 1.09. The summed E-state index contributed by atoms with van der Waals surface area (Å²) in [6.45, 7) is 5.80. The number of Topliss-reactive ketones (excluding diaryl/α,β-unsaturated/α-hetero) is 1. The first-order valence-corrected chi connectivity index (χ1v) is 12.8. The van der Waals surface area contributed by atoms with Crippen LogP contribution in [0.15, 0.2) is 78.9 Å². The first kappa shape index (κ1) is 26.4. The average Bonchev–Trinajstić information content (AvgIpc) is 3.18. The van der Waals surface area contributed by atoms with Gasteiger partial charge in [0.05, 0.1) is 12.0 Å². The number of aliphatic carboxylic acids is 1. The highest BCUT2D eigenvalue weighted by molar-refractivity contribution is 6.30. The van der Waals surface area contributed by atoms with Gasteiger partial charge >= 0.3 is 12.0 Å². The summed E-state index contributed by atoms with van der Waals surface area (Å²) < 4.78 is 0. The molecule has 0 bridgehead atoms. The maximum Gasteiger partial charge on any atom is 0.330 e. The maximum absolute atomic E-state index is 14.3. The molecule has 192 valence electrons. The molecule has 4 rings (SSSR count). The van der Waals surface area contributed by atoms with Crippen molar-refractivity contribution in [2.75, 3.05) is 6.54 Å². The van der Waals surface area contributed by atoms with Crippen LogP contribution in [0.1, 0.15) is 59.3 Å². The number of benzene rings is 3. The molecule has 0 spiro atoms.